The van der Waals surface area contributed by atoms with Gasteiger partial charge in [0.1, 0.15) is 5.84 Å². The van der Waals surface area contributed by atoms with Gasteiger partial charge in [-0.3, -0.25) is 10.1 Å². The van der Waals surface area contributed by atoms with E-state index >= 15 is 0 Å². The topological polar surface area (TPSA) is 99.3 Å². The van der Waals surface area contributed by atoms with Crippen LogP contribution in [0.1, 0.15) is 5.56 Å². The predicted octanol–water partition coefficient (Wildman–Crippen LogP) is 1.84. The lowest BCUT2D eigenvalue weighted by molar-refractivity contribution is 0.601. The molecule has 0 saturated carbocycles. The molecule has 6 nitrogen and oxygen atoms in total. The van der Waals surface area contributed by atoms with Crippen LogP contribution < -0.4 is 15.4 Å². The van der Waals surface area contributed by atoms with Gasteiger partial charge < -0.3 is 10.6 Å². The SMILES string of the molecule is CN(C)c1cccc(NS(=O)(=O)c2cccc(C(=N)N)c2)c1. The Morgan fingerprint density at radius 1 is 1.14 bits per heavy atom. The first-order chi connectivity index (χ1) is 10.3. The summed E-state index contributed by atoms with van der Waals surface area (Å²) in [5.41, 5.74) is 7.12. The second-order valence-corrected chi connectivity index (χ2v) is 6.67. The normalized spacial score (nSPS) is 11.0. The number of rotatable bonds is 5. The molecule has 0 amide bonds. The largest absolute Gasteiger partial charge is 0.384 e. The quantitative estimate of drug-likeness (QED) is 0.578. The average molecular weight is 318 g/mol. The fourth-order valence-corrected chi connectivity index (χ4v) is 2.99. The van der Waals surface area contributed by atoms with Crippen molar-refractivity contribution >= 4 is 27.2 Å². The summed E-state index contributed by atoms with van der Waals surface area (Å²) in [5, 5.41) is 7.39. The van der Waals surface area contributed by atoms with Gasteiger partial charge in [0.25, 0.3) is 10.0 Å². The highest BCUT2D eigenvalue weighted by Crippen LogP contribution is 2.21. The molecule has 2 rings (SSSR count). The van der Waals surface area contributed by atoms with E-state index in [1.165, 1.54) is 12.1 Å². The molecule has 0 bridgehead atoms. The Balaban J connectivity index is 2.34. The van der Waals surface area contributed by atoms with Crippen LogP contribution in [0, 0.1) is 5.41 Å². The van der Waals surface area contributed by atoms with Crippen molar-refractivity contribution in [1.82, 2.24) is 0 Å². The van der Waals surface area contributed by atoms with E-state index in [9.17, 15) is 8.42 Å². The second-order valence-electron chi connectivity index (χ2n) is 4.99. The van der Waals surface area contributed by atoms with E-state index in [1.54, 1.807) is 30.3 Å². The van der Waals surface area contributed by atoms with Gasteiger partial charge in [0.05, 0.1) is 10.6 Å². The molecule has 22 heavy (non-hydrogen) atoms. The number of sulfonamides is 1. The van der Waals surface area contributed by atoms with Gasteiger partial charge in [0.2, 0.25) is 0 Å². The van der Waals surface area contributed by atoms with Crippen LogP contribution in [-0.4, -0.2) is 28.3 Å². The molecule has 0 heterocycles. The van der Waals surface area contributed by atoms with Gasteiger partial charge in [-0.25, -0.2) is 8.42 Å². The van der Waals surface area contributed by atoms with Crippen LogP contribution in [0.25, 0.3) is 0 Å². The first-order valence-electron chi connectivity index (χ1n) is 6.54. The van der Waals surface area contributed by atoms with Gasteiger partial charge in [-0.2, -0.15) is 0 Å². The van der Waals surface area contributed by atoms with Crippen LogP contribution in [0.15, 0.2) is 53.4 Å². The summed E-state index contributed by atoms with van der Waals surface area (Å²) in [5.74, 6) is -0.174. The van der Waals surface area contributed by atoms with Crippen molar-refractivity contribution in [2.24, 2.45) is 5.73 Å². The first-order valence-corrected chi connectivity index (χ1v) is 8.02. The molecule has 2 aromatic carbocycles. The summed E-state index contributed by atoms with van der Waals surface area (Å²) in [6, 6.07) is 13.1. The molecule has 0 spiro atoms. The number of benzene rings is 2. The van der Waals surface area contributed by atoms with Gasteiger partial charge in [-0.15, -0.1) is 0 Å². The number of nitrogens with one attached hydrogen (secondary N) is 2. The third kappa shape index (κ3) is 3.56. The highest BCUT2D eigenvalue weighted by Gasteiger charge is 2.15. The van der Waals surface area contributed by atoms with Crippen molar-refractivity contribution < 1.29 is 8.42 Å². The Morgan fingerprint density at radius 2 is 1.82 bits per heavy atom. The Hall–Kier alpha value is -2.54. The average Bonchev–Trinajstić information content (AvgIpc) is 2.47. The molecule has 0 radical (unpaired) electrons. The van der Waals surface area contributed by atoms with E-state index < -0.39 is 10.0 Å². The van der Waals surface area contributed by atoms with E-state index in [0.29, 0.717) is 11.3 Å². The van der Waals surface area contributed by atoms with Crippen molar-refractivity contribution in [3.63, 3.8) is 0 Å². The second kappa shape index (κ2) is 6.07. The number of hydrogen-bond donors (Lipinski definition) is 3. The minimum atomic E-state index is -3.73. The maximum Gasteiger partial charge on any atom is 0.261 e. The molecule has 116 valence electrons. The summed E-state index contributed by atoms with van der Waals surface area (Å²) >= 11 is 0. The molecular formula is C15H18N4O2S. The molecule has 0 aliphatic carbocycles. The Morgan fingerprint density at radius 3 is 2.45 bits per heavy atom. The number of nitrogens with zero attached hydrogens (tertiary/aromatic N) is 1. The zero-order valence-corrected chi connectivity index (χ0v) is 13.2. The molecule has 0 aromatic heterocycles. The minimum Gasteiger partial charge on any atom is -0.384 e. The molecule has 0 saturated heterocycles. The lowest BCUT2D eigenvalue weighted by Gasteiger charge is -2.14. The van der Waals surface area contributed by atoms with E-state index in [0.717, 1.165) is 5.69 Å². The van der Waals surface area contributed by atoms with Crippen molar-refractivity contribution in [2.45, 2.75) is 4.90 Å². The van der Waals surface area contributed by atoms with E-state index in [-0.39, 0.29) is 10.7 Å². The third-order valence-corrected chi connectivity index (χ3v) is 4.45. The van der Waals surface area contributed by atoms with E-state index in [1.807, 2.05) is 25.1 Å². The summed E-state index contributed by atoms with van der Waals surface area (Å²) in [6.07, 6.45) is 0. The number of nitrogens with two attached hydrogens (primary N) is 1. The number of amidine groups is 1. The standard InChI is InChI=1S/C15H18N4O2S/c1-19(2)13-7-4-6-12(10-13)18-22(20,21)14-8-3-5-11(9-14)15(16)17/h3-10,18H,1-2H3,(H3,16,17). The minimum absolute atomic E-state index is 0.0652. The molecule has 0 aliphatic rings. The summed E-state index contributed by atoms with van der Waals surface area (Å²) in [4.78, 5) is 1.95. The Kier molecular flexibility index (Phi) is 4.37. The summed E-state index contributed by atoms with van der Waals surface area (Å²) in [7, 11) is 0.0253. The monoisotopic (exact) mass is 318 g/mol. The number of hydrogen-bond acceptors (Lipinski definition) is 4. The number of nitrogen functional groups attached to an aromatic ring is 1. The van der Waals surface area contributed by atoms with Crippen LogP contribution >= 0.6 is 0 Å². The molecule has 0 atom stereocenters. The van der Waals surface area contributed by atoms with Gasteiger partial charge in [0, 0.05) is 25.3 Å². The van der Waals surface area contributed by atoms with Crippen LogP contribution in [-0.2, 0) is 10.0 Å². The van der Waals surface area contributed by atoms with Gasteiger partial charge >= 0.3 is 0 Å². The molecule has 0 fully saturated rings. The zero-order chi connectivity index (χ0) is 16.3. The fraction of sp³-hybridized carbons (Fsp3) is 0.133. The molecular weight excluding hydrogens is 300 g/mol. The lowest BCUT2D eigenvalue weighted by atomic mass is 10.2. The first kappa shape index (κ1) is 15.8. The maximum atomic E-state index is 12.4. The highest BCUT2D eigenvalue weighted by molar-refractivity contribution is 7.92. The maximum absolute atomic E-state index is 12.4. The van der Waals surface area contributed by atoms with Crippen LogP contribution in [0.4, 0.5) is 11.4 Å². The smallest absolute Gasteiger partial charge is 0.261 e. The van der Waals surface area contributed by atoms with Gasteiger partial charge in [-0.05, 0) is 30.3 Å². The highest BCUT2D eigenvalue weighted by atomic mass is 32.2. The molecule has 4 N–H and O–H groups in total. The summed E-state index contributed by atoms with van der Waals surface area (Å²) < 4.78 is 27.4. The lowest BCUT2D eigenvalue weighted by Crippen LogP contribution is -2.16. The molecule has 7 heteroatoms. The van der Waals surface area contributed by atoms with Crippen LogP contribution in [0.5, 0.6) is 0 Å². The van der Waals surface area contributed by atoms with E-state index in [4.69, 9.17) is 11.1 Å². The van der Waals surface area contributed by atoms with Crippen molar-refractivity contribution in [3.8, 4) is 0 Å². The van der Waals surface area contributed by atoms with E-state index in [2.05, 4.69) is 4.72 Å². The van der Waals surface area contributed by atoms with Gasteiger partial charge in [-0.1, -0.05) is 18.2 Å². The molecule has 0 aliphatic heterocycles. The van der Waals surface area contributed by atoms with Crippen molar-refractivity contribution in [2.75, 3.05) is 23.7 Å². The number of anilines is 2. The molecule has 0 unspecified atom stereocenters. The van der Waals surface area contributed by atoms with Crippen LogP contribution in [0.2, 0.25) is 0 Å². The Bertz CT molecular complexity index is 801. The summed E-state index contributed by atoms with van der Waals surface area (Å²) in [6.45, 7) is 0. The molecule has 2 aromatic rings. The van der Waals surface area contributed by atoms with Crippen molar-refractivity contribution in [3.05, 3.63) is 54.1 Å². The van der Waals surface area contributed by atoms with Crippen molar-refractivity contribution in [1.29, 1.82) is 5.41 Å². The van der Waals surface area contributed by atoms with Gasteiger partial charge in [0.15, 0.2) is 0 Å². The zero-order valence-electron chi connectivity index (χ0n) is 12.4. The Labute approximate surface area is 130 Å². The fourth-order valence-electron chi connectivity index (χ4n) is 1.89. The van der Waals surface area contributed by atoms with Crippen LogP contribution in [0.3, 0.4) is 0 Å². The predicted molar refractivity (Wildman–Crippen MR) is 89.0 cm³/mol. The third-order valence-electron chi connectivity index (χ3n) is 3.07.